The van der Waals surface area contributed by atoms with Gasteiger partial charge in [0.1, 0.15) is 37.1 Å². The minimum Gasteiger partial charge on any atom is -0.463 e. The molecule has 3 aromatic carbocycles. The SMILES string of the molecule is CO[C@H]1OC(CO[C@@H]2OC(COC(C)=O)[C@@H](OC(C)=O)C(OC(C)=O)C2OC(C)=O)[C@@H](OCc2ccccc2)C(OCc2ccccc2)C1OCc1ccccc1. The number of methoxy groups -OCH3 is 1. The largest absolute Gasteiger partial charge is 0.463 e. The Morgan fingerprint density at radius 3 is 1.35 bits per heavy atom. The highest BCUT2D eigenvalue weighted by molar-refractivity contribution is 5.68. The fourth-order valence-corrected chi connectivity index (χ4v) is 6.58. The molecule has 0 aliphatic carbocycles. The van der Waals surface area contributed by atoms with E-state index in [2.05, 4.69) is 0 Å². The van der Waals surface area contributed by atoms with Gasteiger partial charge in [0, 0.05) is 34.8 Å². The molecule has 0 amide bonds. The van der Waals surface area contributed by atoms with Crippen LogP contribution >= 0.6 is 0 Å². The van der Waals surface area contributed by atoms with Crippen LogP contribution in [0.4, 0.5) is 0 Å². The lowest BCUT2D eigenvalue weighted by atomic mass is 9.97. The minimum atomic E-state index is -1.46. The number of hydrogen-bond donors (Lipinski definition) is 0. The lowest BCUT2D eigenvalue weighted by Gasteiger charge is -2.47. The van der Waals surface area contributed by atoms with Crippen LogP contribution in [0.5, 0.6) is 0 Å². The lowest BCUT2D eigenvalue weighted by Crippen LogP contribution is -2.64. The van der Waals surface area contributed by atoms with Gasteiger partial charge in [0.25, 0.3) is 0 Å². The van der Waals surface area contributed by atoms with Crippen LogP contribution in [0.3, 0.4) is 0 Å². The maximum absolute atomic E-state index is 12.5. The Morgan fingerprint density at radius 1 is 0.456 bits per heavy atom. The summed E-state index contributed by atoms with van der Waals surface area (Å²) in [4.78, 5) is 48.9. The second-order valence-corrected chi connectivity index (χ2v) is 13.5. The second-order valence-electron chi connectivity index (χ2n) is 13.5. The Labute approximate surface area is 331 Å². The van der Waals surface area contributed by atoms with Gasteiger partial charge in [-0.25, -0.2) is 0 Å². The van der Waals surface area contributed by atoms with Crippen LogP contribution in [0.25, 0.3) is 0 Å². The smallest absolute Gasteiger partial charge is 0.303 e. The number of ether oxygens (including phenoxy) is 11. The first-order valence-corrected chi connectivity index (χ1v) is 18.6. The number of carbonyl (C=O) groups excluding carboxylic acids is 4. The summed E-state index contributed by atoms with van der Waals surface area (Å²) in [5, 5.41) is 0. The van der Waals surface area contributed by atoms with Crippen molar-refractivity contribution in [3.05, 3.63) is 108 Å². The van der Waals surface area contributed by atoms with E-state index in [0.717, 1.165) is 37.5 Å². The van der Waals surface area contributed by atoms with E-state index in [4.69, 9.17) is 52.1 Å². The Kier molecular flexibility index (Phi) is 16.5. The molecule has 2 fully saturated rings. The number of carbonyl (C=O) groups is 4. The molecular formula is C42H50O15. The first kappa shape index (κ1) is 43.4. The molecule has 6 unspecified atom stereocenters. The molecular weight excluding hydrogens is 744 g/mol. The fraction of sp³-hybridized carbons (Fsp3) is 0.476. The Bertz CT molecular complexity index is 1710. The molecule has 15 nitrogen and oxygen atoms in total. The van der Waals surface area contributed by atoms with Crippen molar-refractivity contribution in [1.82, 2.24) is 0 Å². The quantitative estimate of drug-likeness (QED) is 0.132. The number of benzene rings is 3. The van der Waals surface area contributed by atoms with Crippen molar-refractivity contribution in [2.24, 2.45) is 0 Å². The lowest BCUT2D eigenvalue weighted by molar-refractivity contribution is -0.342. The minimum absolute atomic E-state index is 0.165. The third-order valence-electron chi connectivity index (χ3n) is 9.05. The molecule has 2 aliphatic heterocycles. The molecule has 308 valence electrons. The zero-order chi connectivity index (χ0) is 40.7. The van der Waals surface area contributed by atoms with E-state index < -0.39 is 91.9 Å². The van der Waals surface area contributed by atoms with E-state index in [1.165, 1.54) is 14.0 Å². The average Bonchev–Trinajstić information content (AvgIpc) is 3.19. The summed E-state index contributed by atoms with van der Waals surface area (Å²) in [6, 6.07) is 28.8. The fourth-order valence-electron chi connectivity index (χ4n) is 6.58. The van der Waals surface area contributed by atoms with Gasteiger partial charge in [0.05, 0.1) is 26.4 Å². The van der Waals surface area contributed by atoms with Gasteiger partial charge in [-0.2, -0.15) is 0 Å². The third-order valence-corrected chi connectivity index (χ3v) is 9.05. The third kappa shape index (κ3) is 12.9. The van der Waals surface area contributed by atoms with Crippen molar-refractivity contribution in [1.29, 1.82) is 0 Å². The molecule has 0 spiro atoms. The predicted molar refractivity (Wildman–Crippen MR) is 199 cm³/mol. The molecule has 0 aromatic heterocycles. The van der Waals surface area contributed by atoms with Gasteiger partial charge in [-0.3, -0.25) is 19.2 Å². The standard InChI is InChI=1S/C42H50O15/c1-26(43)48-24-34-36(53-27(2)44)38(54-28(3)45)40(55-29(4)46)42(57-34)52-25-33-35(49-21-30-15-9-6-10-16-30)37(50-22-31-17-11-7-12-18-31)39(41(47-5)56-33)51-23-32-19-13-8-14-20-32/h6-20,33-42H,21-25H2,1-5H3/t33?,34?,35-,36-,37?,38?,39?,40?,41+,42-/m1/s1. The predicted octanol–water partition coefficient (Wildman–Crippen LogP) is 4.21. The van der Waals surface area contributed by atoms with Crippen LogP contribution in [0, 0.1) is 0 Å². The highest BCUT2D eigenvalue weighted by Crippen LogP contribution is 2.34. The summed E-state index contributed by atoms with van der Waals surface area (Å²) >= 11 is 0. The van der Waals surface area contributed by atoms with Crippen LogP contribution in [0.15, 0.2) is 91.0 Å². The average molecular weight is 795 g/mol. The van der Waals surface area contributed by atoms with Gasteiger partial charge < -0.3 is 52.1 Å². The summed E-state index contributed by atoms with van der Waals surface area (Å²) in [6.07, 6.45) is -11.2. The number of esters is 4. The molecule has 2 aliphatic rings. The summed E-state index contributed by atoms with van der Waals surface area (Å²) < 4.78 is 66.7. The van der Waals surface area contributed by atoms with Crippen LogP contribution in [0.2, 0.25) is 0 Å². The van der Waals surface area contributed by atoms with Gasteiger partial charge in [0.2, 0.25) is 0 Å². The Balaban J connectivity index is 1.48. The van der Waals surface area contributed by atoms with E-state index in [-0.39, 0.29) is 26.4 Å². The zero-order valence-electron chi connectivity index (χ0n) is 32.6. The van der Waals surface area contributed by atoms with Crippen LogP contribution in [0.1, 0.15) is 44.4 Å². The van der Waals surface area contributed by atoms with Gasteiger partial charge in [-0.1, -0.05) is 91.0 Å². The van der Waals surface area contributed by atoms with Crippen molar-refractivity contribution in [3.63, 3.8) is 0 Å². The van der Waals surface area contributed by atoms with Gasteiger partial charge >= 0.3 is 23.9 Å². The van der Waals surface area contributed by atoms with Crippen molar-refractivity contribution < 1.29 is 71.3 Å². The van der Waals surface area contributed by atoms with E-state index in [0.29, 0.717) is 0 Å². The van der Waals surface area contributed by atoms with Gasteiger partial charge in [-0.15, -0.1) is 0 Å². The Morgan fingerprint density at radius 2 is 0.877 bits per heavy atom. The van der Waals surface area contributed by atoms with Crippen molar-refractivity contribution in [2.45, 2.75) is 109 Å². The molecule has 2 saturated heterocycles. The van der Waals surface area contributed by atoms with Gasteiger partial charge in [0.15, 0.2) is 30.9 Å². The topological polar surface area (TPSA) is 170 Å². The molecule has 57 heavy (non-hydrogen) atoms. The van der Waals surface area contributed by atoms with E-state index in [1.54, 1.807) is 0 Å². The summed E-state index contributed by atoms with van der Waals surface area (Å²) in [6.45, 7) is 4.53. The molecule has 0 N–H and O–H groups in total. The highest BCUT2D eigenvalue weighted by Gasteiger charge is 2.54. The highest BCUT2D eigenvalue weighted by atomic mass is 16.8. The van der Waals surface area contributed by atoms with Crippen molar-refractivity contribution >= 4 is 23.9 Å². The maximum atomic E-state index is 12.5. The molecule has 2 heterocycles. The number of hydrogen-bond acceptors (Lipinski definition) is 15. The molecule has 10 atom stereocenters. The first-order chi connectivity index (χ1) is 27.5. The summed E-state index contributed by atoms with van der Waals surface area (Å²) in [5.74, 6) is -2.93. The van der Waals surface area contributed by atoms with Crippen LogP contribution < -0.4 is 0 Å². The first-order valence-electron chi connectivity index (χ1n) is 18.6. The normalized spacial score (nSPS) is 27.2. The molecule has 3 aromatic rings. The van der Waals surface area contributed by atoms with Crippen molar-refractivity contribution in [3.8, 4) is 0 Å². The summed E-state index contributed by atoms with van der Waals surface area (Å²) in [5.41, 5.74) is 2.71. The zero-order valence-corrected chi connectivity index (χ0v) is 32.6. The van der Waals surface area contributed by atoms with E-state index >= 15 is 0 Å². The van der Waals surface area contributed by atoms with E-state index in [1.807, 2.05) is 91.0 Å². The number of rotatable bonds is 18. The van der Waals surface area contributed by atoms with Crippen LogP contribution in [-0.2, 0) is 91.1 Å². The van der Waals surface area contributed by atoms with Crippen molar-refractivity contribution in [2.75, 3.05) is 20.3 Å². The molecule has 15 heteroatoms. The van der Waals surface area contributed by atoms with E-state index in [9.17, 15) is 19.2 Å². The summed E-state index contributed by atoms with van der Waals surface area (Å²) in [7, 11) is 1.49. The Hall–Kier alpha value is -4.74. The van der Waals surface area contributed by atoms with Gasteiger partial charge in [-0.05, 0) is 16.7 Å². The molecule has 0 radical (unpaired) electrons. The maximum Gasteiger partial charge on any atom is 0.303 e. The molecule has 0 bridgehead atoms. The van der Waals surface area contributed by atoms with Crippen LogP contribution in [-0.4, -0.2) is 106 Å². The second kappa shape index (κ2) is 21.7. The monoisotopic (exact) mass is 794 g/mol. The molecule has 5 rings (SSSR count). The molecule has 0 saturated carbocycles.